The predicted octanol–water partition coefficient (Wildman–Crippen LogP) is 2.87. The van der Waals surface area contributed by atoms with E-state index in [0.29, 0.717) is 15.6 Å². The first-order chi connectivity index (χ1) is 11.5. The summed E-state index contributed by atoms with van der Waals surface area (Å²) in [7, 11) is 0. The molecule has 0 unspecified atom stereocenters. The largest absolute Gasteiger partial charge is 0.302 e. The summed E-state index contributed by atoms with van der Waals surface area (Å²) in [5.41, 5.74) is 5.91. The Morgan fingerprint density at radius 2 is 1.62 bits per heavy atom. The average molecular weight is 382 g/mol. The molecule has 0 radical (unpaired) electrons. The maximum absolute atomic E-state index is 11.9. The molecule has 3 N–H and O–H groups in total. The third-order valence-corrected chi connectivity index (χ3v) is 3.72. The van der Waals surface area contributed by atoms with Crippen LogP contribution < -0.4 is 16.2 Å². The van der Waals surface area contributed by atoms with Crippen molar-refractivity contribution in [2.24, 2.45) is 0 Å². The quantitative estimate of drug-likeness (QED) is 0.564. The number of hydrogen-bond acceptors (Lipinski definition) is 3. The number of carbonyl (C=O) groups is 2. The molecular weight excluding hydrogens is 369 g/mol. The van der Waals surface area contributed by atoms with Gasteiger partial charge >= 0.3 is 0 Å². The van der Waals surface area contributed by atoms with Crippen LogP contribution in [0.5, 0.6) is 0 Å². The Labute approximate surface area is 154 Å². The molecule has 2 aromatic carbocycles. The van der Waals surface area contributed by atoms with Crippen LogP contribution in [-0.4, -0.2) is 16.9 Å². The molecule has 2 aromatic rings. The first-order valence-corrected chi connectivity index (χ1v) is 8.01. The number of rotatable bonds is 3. The second-order valence-electron chi connectivity index (χ2n) is 4.74. The van der Waals surface area contributed by atoms with E-state index in [1.54, 1.807) is 48.5 Å². The molecule has 8 heteroatoms. The molecule has 0 aliphatic heterocycles. The number of halogens is 2. The van der Waals surface area contributed by atoms with E-state index in [-0.39, 0.29) is 17.4 Å². The van der Waals surface area contributed by atoms with Crippen molar-refractivity contribution in [1.29, 1.82) is 0 Å². The molecule has 2 rings (SSSR count). The Kier molecular flexibility index (Phi) is 6.54. The van der Waals surface area contributed by atoms with E-state index >= 15 is 0 Å². The molecule has 0 fully saturated rings. The highest BCUT2D eigenvalue weighted by Gasteiger charge is 2.10. The van der Waals surface area contributed by atoms with Gasteiger partial charge in [0.1, 0.15) is 0 Å². The third-order valence-electron chi connectivity index (χ3n) is 2.94. The first-order valence-electron chi connectivity index (χ1n) is 6.85. The van der Waals surface area contributed by atoms with Crippen molar-refractivity contribution in [2.45, 2.75) is 6.42 Å². The number of amides is 2. The fourth-order valence-electron chi connectivity index (χ4n) is 1.82. The van der Waals surface area contributed by atoms with Crippen LogP contribution >= 0.6 is 35.4 Å². The van der Waals surface area contributed by atoms with Gasteiger partial charge in [0, 0.05) is 5.02 Å². The lowest BCUT2D eigenvalue weighted by atomic mass is 10.1. The number of hydrazine groups is 1. The van der Waals surface area contributed by atoms with Crippen LogP contribution in [0, 0.1) is 0 Å². The predicted molar refractivity (Wildman–Crippen MR) is 98.0 cm³/mol. The molecule has 0 saturated carbocycles. The fourth-order valence-corrected chi connectivity index (χ4v) is 2.33. The van der Waals surface area contributed by atoms with Crippen molar-refractivity contribution < 1.29 is 9.59 Å². The lowest BCUT2D eigenvalue weighted by molar-refractivity contribution is -0.119. The summed E-state index contributed by atoms with van der Waals surface area (Å²) in [6, 6.07) is 13.5. The Morgan fingerprint density at radius 3 is 2.29 bits per heavy atom. The van der Waals surface area contributed by atoms with Gasteiger partial charge in [-0.3, -0.25) is 20.4 Å². The minimum atomic E-state index is -0.463. The minimum Gasteiger partial charge on any atom is -0.302 e. The summed E-state index contributed by atoms with van der Waals surface area (Å²) >= 11 is 16.7. The van der Waals surface area contributed by atoms with E-state index in [2.05, 4.69) is 16.2 Å². The number of benzene rings is 2. The molecule has 0 saturated heterocycles. The van der Waals surface area contributed by atoms with Gasteiger partial charge in [0.15, 0.2) is 5.11 Å². The van der Waals surface area contributed by atoms with Gasteiger partial charge in [-0.25, -0.2) is 0 Å². The molecular formula is C16H13Cl2N3O2S. The van der Waals surface area contributed by atoms with Crippen LogP contribution in [0.15, 0.2) is 48.5 Å². The summed E-state index contributed by atoms with van der Waals surface area (Å²) in [4.78, 5) is 23.8. The monoisotopic (exact) mass is 381 g/mol. The molecule has 0 aromatic heterocycles. The Hall–Kier alpha value is -2.15. The lowest BCUT2D eigenvalue weighted by Crippen LogP contribution is -2.48. The zero-order chi connectivity index (χ0) is 17.5. The number of thiocarbonyl (C=S) groups is 1. The number of nitrogens with one attached hydrogen (secondary N) is 3. The average Bonchev–Trinajstić information content (AvgIpc) is 2.55. The zero-order valence-corrected chi connectivity index (χ0v) is 14.6. The van der Waals surface area contributed by atoms with Crippen molar-refractivity contribution >= 4 is 52.3 Å². The van der Waals surface area contributed by atoms with E-state index in [0.717, 1.165) is 5.56 Å². The van der Waals surface area contributed by atoms with Gasteiger partial charge in [-0.05, 0) is 42.0 Å². The maximum Gasteiger partial charge on any atom is 0.271 e. The molecule has 0 spiro atoms. The van der Waals surface area contributed by atoms with E-state index in [1.807, 2.05) is 0 Å². The van der Waals surface area contributed by atoms with Crippen molar-refractivity contribution in [3.63, 3.8) is 0 Å². The van der Waals surface area contributed by atoms with Gasteiger partial charge in [-0.15, -0.1) is 0 Å². The summed E-state index contributed by atoms with van der Waals surface area (Å²) in [5, 5.41) is 3.36. The highest BCUT2D eigenvalue weighted by Crippen LogP contribution is 2.14. The van der Waals surface area contributed by atoms with Gasteiger partial charge in [0.2, 0.25) is 5.91 Å². The molecule has 0 bridgehead atoms. The molecule has 124 valence electrons. The number of carbonyl (C=O) groups excluding carboxylic acids is 2. The molecule has 0 heterocycles. The van der Waals surface area contributed by atoms with Crippen LogP contribution in [-0.2, 0) is 11.2 Å². The Balaban J connectivity index is 1.80. The van der Waals surface area contributed by atoms with E-state index in [9.17, 15) is 9.59 Å². The standard InChI is InChI=1S/C16H13Cl2N3O2S/c17-11-7-5-10(6-8-11)9-14(22)19-16(24)21-20-15(23)12-3-1-2-4-13(12)18/h1-8H,9H2,(H,20,23)(H2,19,21,22,24). The van der Waals surface area contributed by atoms with Crippen LogP contribution in [0.1, 0.15) is 15.9 Å². The maximum atomic E-state index is 11.9. The zero-order valence-electron chi connectivity index (χ0n) is 12.3. The van der Waals surface area contributed by atoms with Gasteiger partial charge in [0.25, 0.3) is 5.91 Å². The van der Waals surface area contributed by atoms with Crippen molar-refractivity contribution in [1.82, 2.24) is 16.2 Å². The molecule has 24 heavy (non-hydrogen) atoms. The topological polar surface area (TPSA) is 70.2 Å². The molecule has 5 nitrogen and oxygen atoms in total. The lowest BCUT2D eigenvalue weighted by Gasteiger charge is -2.11. The van der Waals surface area contributed by atoms with Crippen molar-refractivity contribution in [2.75, 3.05) is 0 Å². The SMILES string of the molecule is O=C(Cc1ccc(Cl)cc1)NC(=S)NNC(=O)c1ccccc1Cl. The van der Waals surface area contributed by atoms with E-state index < -0.39 is 5.91 Å². The Morgan fingerprint density at radius 1 is 0.958 bits per heavy atom. The van der Waals surface area contributed by atoms with Crippen LogP contribution in [0.2, 0.25) is 10.0 Å². The van der Waals surface area contributed by atoms with Crippen LogP contribution in [0.3, 0.4) is 0 Å². The summed E-state index contributed by atoms with van der Waals surface area (Å²) in [6.45, 7) is 0. The smallest absolute Gasteiger partial charge is 0.271 e. The highest BCUT2D eigenvalue weighted by molar-refractivity contribution is 7.80. The van der Waals surface area contributed by atoms with Gasteiger partial charge in [-0.2, -0.15) is 0 Å². The molecule has 0 aliphatic rings. The summed E-state index contributed by atoms with van der Waals surface area (Å²) in [5.74, 6) is -0.781. The van der Waals surface area contributed by atoms with Gasteiger partial charge < -0.3 is 5.32 Å². The van der Waals surface area contributed by atoms with Gasteiger partial charge in [-0.1, -0.05) is 47.5 Å². The second kappa shape index (κ2) is 8.63. The second-order valence-corrected chi connectivity index (χ2v) is 5.99. The Bertz CT molecular complexity index is 766. The highest BCUT2D eigenvalue weighted by atomic mass is 35.5. The van der Waals surface area contributed by atoms with Crippen molar-refractivity contribution in [3.05, 3.63) is 69.7 Å². The first kappa shape index (κ1) is 18.2. The van der Waals surface area contributed by atoms with Crippen LogP contribution in [0.25, 0.3) is 0 Å². The summed E-state index contributed by atoms with van der Waals surface area (Å²) in [6.07, 6.45) is 0.136. The van der Waals surface area contributed by atoms with Crippen LogP contribution in [0.4, 0.5) is 0 Å². The fraction of sp³-hybridized carbons (Fsp3) is 0.0625. The molecule has 0 atom stereocenters. The number of hydrogen-bond donors (Lipinski definition) is 3. The van der Waals surface area contributed by atoms with Gasteiger partial charge in [0.05, 0.1) is 17.0 Å². The van der Waals surface area contributed by atoms with E-state index in [1.165, 1.54) is 0 Å². The normalized spacial score (nSPS) is 9.92. The van der Waals surface area contributed by atoms with Crippen molar-refractivity contribution in [3.8, 4) is 0 Å². The summed E-state index contributed by atoms with van der Waals surface area (Å²) < 4.78 is 0. The molecule has 0 aliphatic carbocycles. The minimum absolute atomic E-state index is 0.0191. The third kappa shape index (κ3) is 5.49. The molecule has 2 amide bonds. The van der Waals surface area contributed by atoms with E-state index in [4.69, 9.17) is 35.4 Å².